The van der Waals surface area contributed by atoms with Gasteiger partial charge in [-0.15, -0.1) is 0 Å². The summed E-state index contributed by atoms with van der Waals surface area (Å²) in [5.74, 6) is 1.50. The maximum Gasteiger partial charge on any atom is 0.0668 e. The minimum atomic E-state index is -0.781. The molecular weight excluding hydrogens is 206 g/mol. The van der Waals surface area contributed by atoms with Gasteiger partial charge in [-0.2, -0.15) is 5.26 Å². The molecule has 1 saturated carbocycles. The van der Waals surface area contributed by atoms with Gasteiger partial charge in [0.05, 0.1) is 17.2 Å². The molecule has 0 amide bonds. The van der Waals surface area contributed by atoms with Crippen LogP contribution in [0, 0.1) is 23.2 Å². The summed E-state index contributed by atoms with van der Waals surface area (Å²) in [6.07, 6.45) is 5.22. The van der Waals surface area contributed by atoms with Crippen molar-refractivity contribution in [2.45, 2.75) is 51.2 Å². The highest BCUT2D eigenvalue weighted by molar-refractivity contribution is 7.85. The van der Waals surface area contributed by atoms with Crippen molar-refractivity contribution in [1.29, 1.82) is 5.26 Å². The van der Waals surface area contributed by atoms with E-state index in [1.54, 1.807) is 0 Å². The van der Waals surface area contributed by atoms with Crippen molar-refractivity contribution in [3.05, 3.63) is 0 Å². The molecule has 0 saturated heterocycles. The van der Waals surface area contributed by atoms with Crippen molar-refractivity contribution in [3.63, 3.8) is 0 Å². The van der Waals surface area contributed by atoms with E-state index >= 15 is 0 Å². The van der Waals surface area contributed by atoms with E-state index in [0.29, 0.717) is 5.92 Å². The number of hydrogen-bond donors (Lipinski definition) is 0. The van der Waals surface area contributed by atoms with Gasteiger partial charge in [0.15, 0.2) is 0 Å². The molecule has 0 bridgehead atoms. The fourth-order valence-corrected chi connectivity index (χ4v) is 4.13. The maximum atomic E-state index is 12.0. The molecule has 0 heterocycles. The van der Waals surface area contributed by atoms with Gasteiger partial charge < -0.3 is 0 Å². The lowest BCUT2D eigenvalue weighted by Crippen LogP contribution is -2.33. The smallest absolute Gasteiger partial charge is 0.0668 e. The lowest BCUT2D eigenvalue weighted by Gasteiger charge is -2.31. The number of hydrogen-bond acceptors (Lipinski definition) is 2. The highest BCUT2D eigenvalue weighted by atomic mass is 32.2. The first-order valence-electron chi connectivity index (χ1n) is 5.99. The second-order valence-corrected chi connectivity index (χ2v) is 6.22. The SMILES string of the molecule is CCCS(=O)C1CC(CC)CCC1C#N. The van der Waals surface area contributed by atoms with Crippen LogP contribution in [-0.4, -0.2) is 15.2 Å². The van der Waals surface area contributed by atoms with Crippen LogP contribution in [0.5, 0.6) is 0 Å². The van der Waals surface area contributed by atoms with E-state index in [-0.39, 0.29) is 11.2 Å². The molecule has 0 aromatic rings. The van der Waals surface area contributed by atoms with E-state index in [1.807, 2.05) is 0 Å². The highest BCUT2D eigenvalue weighted by Crippen LogP contribution is 2.33. The molecule has 15 heavy (non-hydrogen) atoms. The molecule has 4 unspecified atom stereocenters. The van der Waals surface area contributed by atoms with Crippen LogP contribution in [0.1, 0.15) is 46.0 Å². The Morgan fingerprint density at radius 1 is 1.40 bits per heavy atom. The average Bonchev–Trinajstić information content (AvgIpc) is 2.28. The summed E-state index contributed by atoms with van der Waals surface area (Å²) in [6, 6.07) is 2.34. The van der Waals surface area contributed by atoms with E-state index < -0.39 is 10.8 Å². The van der Waals surface area contributed by atoms with Crippen LogP contribution in [0.3, 0.4) is 0 Å². The minimum absolute atomic E-state index is 0.0418. The molecule has 2 nitrogen and oxygen atoms in total. The van der Waals surface area contributed by atoms with Crippen molar-refractivity contribution >= 4 is 10.8 Å². The fraction of sp³-hybridized carbons (Fsp3) is 0.917. The van der Waals surface area contributed by atoms with Crippen molar-refractivity contribution < 1.29 is 4.21 Å². The van der Waals surface area contributed by atoms with Crippen LogP contribution in [0.2, 0.25) is 0 Å². The van der Waals surface area contributed by atoms with Gasteiger partial charge >= 0.3 is 0 Å². The lowest BCUT2D eigenvalue weighted by atomic mass is 9.81. The first-order valence-corrected chi connectivity index (χ1v) is 7.37. The summed E-state index contributed by atoms with van der Waals surface area (Å²) in [7, 11) is -0.781. The van der Waals surface area contributed by atoms with Crippen LogP contribution in [0.4, 0.5) is 0 Å². The molecule has 1 fully saturated rings. The maximum absolute atomic E-state index is 12.0. The molecule has 0 aromatic carbocycles. The molecule has 0 radical (unpaired) electrons. The van der Waals surface area contributed by atoms with Crippen LogP contribution in [0.25, 0.3) is 0 Å². The molecule has 1 aliphatic carbocycles. The van der Waals surface area contributed by atoms with Crippen LogP contribution >= 0.6 is 0 Å². The Morgan fingerprint density at radius 2 is 2.13 bits per heavy atom. The van der Waals surface area contributed by atoms with E-state index in [1.165, 1.54) is 0 Å². The number of nitrogens with zero attached hydrogens (tertiary/aromatic N) is 1. The summed E-state index contributed by atoms with van der Waals surface area (Å²) in [6.45, 7) is 4.25. The predicted molar refractivity (Wildman–Crippen MR) is 63.8 cm³/mol. The Bertz CT molecular complexity index is 259. The van der Waals surface area contributed by atoms with Crippen LogP contribution < -0.4 is 0 Å². The molecule has 86 valence electrons. The predicted octanol–water partition coefficient (Wildman–Crippen LogP) is 2.86. The Morgan fingerprint density at radius 3 is 2.67 bits per heavy atom. The molecular formula is C12H21NOS. The summed E-state index contributed by atoms with van der Waals surface area (Å²) >= 11 is 0. The highest BCUT2D eigenvalue weighted by Gasteiger charge is 2.33. The van der Waals surface area contributed by atoms with Gasteiger partial charge in [-0.25, -0.2) is 0 Å². The summed E-state index contributed by atoms with van der Waals surface area (Å²) in [5, 5.41) is 9.20. The molecule has 1 rings (SSSR count). The fourth-order valence-electron chi connectivity index (χ4n) is 2.37. The third-order valence-electron chi connectivity index (χ3n) is 3.39. The Kier molecular flexibility index (Phi) is 5.31. The number of nitriles is 1. The van der Waals surface area contributed by atoms with Crippen molar-refractivity contribution in [3.8, 4) is 6.07 Å². The van der Waals surface area contributed by atoms with Gasteiger partial charge in [0.25, 0.3) is 0 Å². The topological polar surface area (TPSA) is 40.9 Å². The number of rotatable bonds is 4. The van der Waals surface area contributed by atoms with Crippen LogP contribution in [0.15, 0.2) is 0 Å². The summed E-state index contributed by atoms with van der Waals surface area (Å²) in [4.78, 5) is 0. The zero-order valence-electron chi connectivity index (χ0n) is 9.74. The third-order valence-corrected chi connectivity index (χ3v) is 5.39. The Labute approximate surface area is 95.5 Å². The van der Waals surface area contributed by atoms with E-state index in [9.17, 15) is 4.21 Å². The molecule has 0 N–H and O–H groups in total. The monoisotopic (exact) mass is 227 g/mol. The molecule has 0 spiro atoms. The largest absolute Gasteiger partial charge is 0.259 e. The third kappa shape index (κ3) is 3.31. The standard InChI is InChI=1S/C12H21NOS/c1-3-7-15(14)12-8-10(4-2)5-6-11(12)9-13/h10-12H,3-8H2,1-2H3. The molecule has 0 aliphatic heterocycles. The van der Waals surface area contributed by atoms with E-state index in [2.05, 4.69) is 19.9 Å². The van der Waals surface area contributed by atoms with Gasteiger partial charge in [0, 0.05) is 16.6 Å². The van der Waals surface area contributed by atoms with Gasteiger partial charge in [-0.05, 0) is 31.6 Å². The lowest BCUT2D eigenvalue weighted by molar-refractivity contribution is 0.313. The average molecular weight is 227 g/mol. The van der Waals surface area contributed by atoms with Gasteiger partial charge in [-0.3, -0.25) is 4.21 Å². The van der Waals surface area contributed by atoms with E-state index in [0.717, 1.165) is 37.9 Å². The van der Waals surface area contributed by atoms with Gasteiger partial charge in [-0.1, -0.05) is 20.3 Å². The zero-order chi connectivity index (χ0) is 11.3. The second kappa shape index (κ2) is 6.27. The Balaban J connectivity index is 2.63. The first kappa shape index (κ1) is 12.7. The van der Waals surface area contributed by atoms with Crippen molar-refractivity contribution in [2.75, 3.05) is 5.75 Å². The van der Waals surface area contributed by atoms with E-state index in [4.69, 9.17) is 5.26 Å². The summed E-state index contributed by atoms with van der Waals surface area (Å²) < 4.78 is 12.0. The molecule has 4 atom stereocenters. The zero-order valence-corrected chi connectivity index (χ0v) is 10.6. The molecule has 0 aromatic heterocycles. The first-order chi connectivity index (χ1) is 7.22. The van der Waals surface area contributed by atoms with Gasteiger partial charge in [0.1, 0.15) is 0 Å². The van der Waals surface area contributed by atoms with Crippen molar-refractivity contribution in [1.82, 2.24) is 0 Å². The molecule has 3 heteroatoms. The molecule has 1 aliphatic rings. The van der Waals surface area contributed by atoms with Crippen molar-refractivity contribution in [2.24, 2.45) is 11.8 Å². The Hall–Kier alpha value is -0.360. The second-order valence-electron chi connectivity index (χ2n) is 4.45. The van der Waals surface area contributed by atoms with Gasteiger partial charge in [0.2, 0.25) is 0 Å². The summed E-state index contributed by atoms with van der Waals surface area (Å²) in [5.41, 5.74) is 0. The van der Waals surface area contributed by atoms with Crippen LogP contribution in [-0.2, 0) is 10.8 Å². The quantitative estimate of drug-likeness (QED) is 0.741. The minimum Gasteiger partial charge on any atom is -0.259 e. The normalized spacial score (nSPS) is 33.3.